The molecular formula is C31H31N3O5S. The second kappa shape index (κ2) is 13.3. The molecule has 5 rings (SSSR count). The van der Waals surface area contributed by atoms with E-state index in [1.807, 2.05) is 72.8 Å². The van der Waals surface area contributed by atoms with E-state index < -0.39 is 0 Å². The Kier molecular flexibility index (Phi) is 9.15. The van der Waals surface area contributed by atoms with Gasteiger partial charge in [-0.05, 0) is 46.7 Å². The van der Waals surface area contributed by atoms with Crippen LogP contribution in [0.3, 0.4) is 0 Å². The average molecular weight is 558 g/mol. The Morgan fingerprint density at radius 3 is 2.38 bits per heavy atom. The van der Waals surface area contributed by atoms with E-state index in [1.54, 1.807) is 29.0 Å². The molecule has 206 valence electrons. The molecule has 3 aromatic rings. The van der Waals surface area contributed by atoms with Gasteiger partial charge in [0.2, 0.25) is 0 Å². The van der Waals surface area contributed by atoms with Crippen LogP contribution < -0.4 is 9.47 Å². The molecule has 0 saturated carbocycles. The SMILES string of the molecule is COc1cc(/C=C2/SC(=NCc3ccccc3)N(Cc3ccccc3)C2=O)ccc1OCC(=O)N1CCOCC1. The summed E-state index contributed by atoms with van der Waals surface area (Å²) in [5.41, 5.74) is 2.89. The van der Waals surface area contributed by atoms with Crippen LogP contribution in [0.4, 0.5) is 0 Å². The summed E-state index contributed by atoms with van der Waals surface area (Å²) in [5, 5.41) is 0.664. The number of morpholine rings is 1. The number of hydrogen-bond acceptors (Lipinski definition) is 7. The van der Waals surface area contributed by atoms with E-state index in [1.165, 1.54) is 11.8 Å². The first kappa shape index (κ1) is 27.5. The summed E-state index contributed by atoms with van der Waals surface area (Å²) in [5.74, 6) is 0.757. The van der Waals surface area contributed by atoms with E-state index >= 15 is 0 Å². The molecule has 3 aromatic carbocycles. The summed E-state index contributed by atoms with van der Waals surface area (Å²) >= 11 is 1.36. The Labute approximate surface area is 238 Å². The Morgan fingerprint density at radius 2 is 1.68 bits per heavy atom. The number of nitrogens with zero attached hydrogens (tertiary/aromatic N) is 3. The molecule has 2 aliphatic rings. The average Bonchev–Trinajstić information content (AvgIpc) is 3.29. The van der Waals surface area contributed by atoms with Gasteiger partial charge in [0, 0.05) is 13.1 Å². The number of carbonyl (C=O) groups excluding carboxylic acids is 2. The van der Waals surface area contributed by atoms with Crippen molar-refractivity contribution in [2.75, 3.05) is 40.0 Å². The lowest BCUT2D eigenvalue weighted by atomic mass is 10.1. The lowest BCUT2D eigenvalue weighted by Crippen LogP contribution is -2.43. The van der Waals surface area contributed by atoms with Crippen molar-refractivity contribution >= 4 is 34.8 Å². The van der Waals surface area contributed by atoms with E-state index in [0.29, 0.717) is 61.0 Å². The van der Waals surface area contributed by atoms with E-state index in [2.05, 4.69) is 0 Å². The first-order valence-electron chi connectivity index (χ1n) is 13.1. The Balaban J connectivity index is 1.33. The number of methoxy groups -OCH3 is 1. The number of amides is 2. The molecule has 0 bridgehead atoms. The fourth-order valence-corrected chi connectivity index (χ4v) is 5.34. The molecule has 9 heteroatoms. The fourth-order valence-electron chi connectivity index (χ4n) is 4.36. The normalized spacial score (nSPS) is 17.5. The minimum atomic E-state index is -0.101. The molecule has 0 unspecified atom stereocenters. The largest absolute Gasteiger partial charge is 0.493 e. The molecule has 2 fully saturated rings. The number of amidine groups is 1. The third kappa shape index (κ3) is 6.91. The van der Waals surface area contributed by atoms with Crippen molar-refractivity contribution in [2.45, 2.75) is 13.1 Å². The molecular weight excluding hydrogens is 526 g/mol. The van der Waals surface area contributed by atoms with Crippen molar-refractivity contribution in [3.05, 3.63) is 100 Å². The zero-order valence-corrected chi connectivity index (χ0v) is 23.1. The first-order valence-corrected chi connectivity index (χ1v) is 13.9. The van der Waals surface area contributed by atoms with Gasteiger partial charge in [0.15, 0.2) is 23.3 Å². The predicted molar refractivity (Wildman–Crippen MR) is 156 cm³/mol. The van der Waals surface area contributed by atoms with Gasteiger partial charge < -0.3 is 19.1 Å². The maximum absolute atomic E-state index is 13.5. The summed E-state index contributed by atoms with van der Waals surface area (Å²) in [6, 6.07) is 25.3. The van der Waals surface area contributed by atoms with Crippen LogP contribution in [0.1, 0.15) is 16.7 Å². The number of aliphatic imine (C=N–C) groups is 1. The Morgan fingerprint density at radius 1 is 0.975 bits per heavy atom. The van der Waals surface area contributed by atoms with Gasteiger partial charge in [0.25, 0.3) is 11.8 Å². The monoisotopic (exact) mass is 557 g/mol. The van der Waals surface area contributed by atoms with E-state index in [-0.39, 0.29) is 18.4 Å². The lowest BCUT2D eigenvalue weighted by Gasteiger charge is -2.26. The van der Waals surface area contributed by atoms with E-state index in [4.69, 9.17) is 19.2 Å². The zero-order chi connectivity index (χ0) is 27.7. The van der Waals surface area contributed by atoms with Crippen molar-refractivity contribution in [3.63, 3.8) is 0 Å². The Bertz CT molecular complexity index is 1390. The van der Waals surface area contributed by atoms with Gasteiger partial charge in [0.05, 0.1) is 38.3 Å². The molecule has 2 amide bonds. The van der Waals surface area contributed by atoms with Crippen LogP contribution in [0.5, 0.6) is 11.5 Å². The molecule has 0 N–H and O–H groups in total. The van der Waals surface area contributed by atoms with Crippen molar-refractivity contribution < 1.29 is 23.8 Å². The number of thioether (sulfide) groups is 1. The highest BCUT2D eigenvalue weighted by atomic mass is 32.2. The third-order valence-electron chi connectivity index (χ3n) is 6.51. The zero-order valence-electron chi connectivity index (χ0n) is 22.3. The standard InChI is InChI=1S/C31H31N3O5S/c1-37-27-18-25(12-13-26(27)39-22-29(35)33-14-16-38-17-15-33)19-28-30(36)34(21-24-10-6-3-7-11-24)31(40-28)32-20-23-8-4-2-5-9-23/h2-13,18-19H,14-17,20-22H2,1H3/b28-19+,32-31?. The molecule has 40 heavy (non-hydrogen) atoms. The van der Waals surface area contributed by atoms with Crippen molar-refractivity contribution in [2.24, 2.45) is 4.99 Å². The van der Waals surface area contributed by atoms with Crippen molar-refractivity contribution in [3.8, 4) is 11.5 Å². The van der Waals surface area contributed by atoms with Crippen LogP contribution in [0.15, 0.2) is 88.8 Å². The van der Waals surface area contributed by atoms with Crippen LogP contribution in [-0.2, 0) is 27.4 Å². The van der Waals surface area contributed by atoms with Crippen LogP contribution in [0.25, 0.3) is 6.08 Å². The minimum Gasteiger partial charge on any atom is -0.493 e. The minimum absolute atomic E-state index is 0.0825. The summed E-state index contributed by atoms with van der Waals surface area (Å²) in [6.07, 6.45) is 1.83. The van der Waals surface area contributed by atoms with Crippen LogP contribution >= 0.6 is 11.8 Å². The highest BCUT2D eigenvalue weighted by molar-refractivity contribution is 8.18. The van der Waals surface area contributed by atoms with Gasteiger partial charge in [-0.2, -0.15) is 0 Å². The van der Waals surface area contributed by atoms with Gasteiger partial charge in [-0.1, -0.05) is 66.7 Å². The predicted octanol–water partition coefficient (Wildman–Crippen LogP) is 4.61. The summed E-state index contributed by atoms with van der Waals surface area (Å²) in [7, 11) is 1.55. The molecule has 2 heterocycles. The van der Waals surface area contributed by atoms with E-state index in [0.717, 1.165) is 16.7 Å². The van der Waals surface area contributed by atoms with Crippen LogP contribution in [0.2, 0.25) is 0 Å². The molecule has 0 aromatic heterocycles. The molecule has 2 aliphatic heterocycles. The molecule has 0 atom stereocenters. The van der Waals surface area contributed by atoms with Crippen LogP contribution in [-0.4, -0.2) is 66.8 Å². The summed E-state index contributed by atoms with van der Waals surface area (Å²) in [4.78, 5) is 34.8. The lowest BCUT2D eigenvalue weighted by molar-refractivity contribution is -0.137. The quantitative estimate of drug-likeness (QED) is 0.358. The molecule has 0 aliphatic carbocycles. The maximum atomic E-state index is 13.5. The maximum Gasteiger partial charge on any atom is 0.267 e. The number of rotatable bonds is 9. The fraction of sp³-hybridized carbons (Fsp3) is 0.258. The Hall–Kier alpha value is -4.08. The summed E-state index contributed by atoms with van der Waals surface area (Å²) in [6.45, 7) is 3.04. The summed E-state index contributed by atoms with van der Waals surface area (Å²) < 4.78 is 16.6. The van der Waals surface area contributed by atoms with Gasteiger partial charge in [-0.25, -0.2) is 0 Å². The molecule has 8 nitrogen and oxygen atoms in total. The van der Waals surface area contributed by atoms with Gasteiger partial charge in [0.1, 0.15) is 0 Å². The second-order valence-electron chi connectivity index (χ2n) is 9.26. The van der Waals surface area contributed by atoms with E-state index in [9.17, 15) is 9.59 Å². The number of carbonyl (C=O) groups is 2. The molecule has 0 radical (unpaired) electrons. The van der Waals surface area contributed by atoms with Gasteiger partial charge >= 0.3 is 0 Å². The third-order valence-corrected chi connectivity index (χ3v) is 7.56. The highest BCUT2D eigenvalue weighted by Crippen LogP contribution is 2.36. The number of benzene rings is 3. The second-order valence-corrected chi connectivity index (χ2v) is 10.3. The molecule has 0 spiro atoms. The van der Waals surface area contributed by atoms with Crippen LogP contribution in [0, 0.1) is 0 Å². The van der Waals surface area contributed by atoms with Gasteiger partial charge in [-0.3, -0.25) is 19.5 Å². The highest BCUT2D eigenvalue weighted by Gasteiger charge is 2.33. The smallest absolute Gasteiger partial charge is 0.267 e. The first-order chi connectivity index (χ1) is 19.6. The van der Waals surface area contributed by atoms with Crippen molar-refractivity contribution in [1.29, 1.82) is 0 Å². The van der Waals surface area contributed by atoms with Gasteiger partial charge in [-0.15, -0.1) is 0 Å². The topological polar surface area (TPSA) is 80.7 Å². The van der Waals surface area contributed by atoms with Crippen molar-refractivity contribution in [1.82, 2.24) is 9.80 Å². The number of ether oxygens (including phenoxy) is 3. The number of hydrogen-bond donors (Lipinski definition) is 0. The molecule has 2 saturated heterocycles.